The third-order valence-electron chi connectivity index (χ3n) is 4.59. The zero-order valence-electron chi connectivity index (χ0n) is 14.5. The van der Waals surface area contributed by atoms with Gasteiger partial charge in [-0.15, -0.1) is 0 Å². The van der Waals surface area contributed by atoms with E-state index in [0.29, 0.717) is 30.5 Å². The highest BCUT2D eigenvalue weighted by Gasteiger charge is 2.30. The molecule has 0 saturated carbocycles. The summed E-state index contributed by atoms with van der Waals surface area (Å²) in [5.41, 5.74) is 0. The first-order valence-corrected chi connectivity index (χ1v) is 9.66. The van der Waals surface area contributed by atoms with E-state index in [2.05, 4.69) is 4.98 Å². The Morgan fingerprint density at radius 2 is 1.88 bits per heavy atom. The van der Waals surface area contributed by atoms with Crippen LogP contribution in [0.5, 0.6) is 11.5 Å². The Balaban J connectivity index is 1.69. The number of piperidine rings is 1. The van der Waals surface area contributed by atoms with Crippen molar-refractivity contribution >= 4 is 10.0 Å². The third kappa shape index (κ3) is 3.80. The van der Waals surface area contributed by atoms with E-state index < -0.39 is 10.0 Å². The van der Waals surface area contributed by atoms with E-state index in [1.54, 1.807) is 29.0 Å². The second-order valence-corrected chi connectivity index (χ2v) is 8.06. The third-order valence-corrected chi connectivity index (χ3v) is 6.49. The van der Waals surface area contributed by atoms with Crippen LogP contribution in [0.1, 0.15) is 12.8 Å². The van der Waals surface area contributed by atoms with Crippen LogP contribution in [0.2, 0.25) is 0 Å². The Bertz CT molecular complexity index is 797. The molecule has 1 aromatic carbocycles. The molecule has 7 nitrogen and oxygen atoms in total. The van der Waals surface area contributed by atoms with Crippen LogP contribution in [0.4, 0.5) is 0 Å². The van der Waals surface area contributed by atoms with E-state index in [9.17, 15) is 8.42 Å². The van der Waals surface area contributed by atoms with Gasteiger partial charge in [0.05, 0.1) is 25.4 Å². The molecule has 1 fully saturated rings. The normalized spacial score (nSPS) is 16.7. The van der Waals surface area contributed by atoms with Gasteiger partial charge in [-0.2, -0.15) is 4.31 Å². The fraction of sp³-hybridized carbons (Fsp3) is 0.471. The highest BCUT2D eigenvalue weighted by molar-refractivity contribution is 7.89. The van der Waals surface area contributed by atoms with Gasteiger partial charge in [0.15, 0.2) is 11.5 Å². The van der Waals surface area contributed by atoms with Crippen molar-refractivity contribution in [2.45, 2.75) is 24.3 Å². The van der Waals surface area contributed by atoms with Gasteiger partial charge in [-0.3, -0.25) is 0 Å². The van der Waals surface area contributed by atoms with Gasteiger partial charge < -0.3 is 14.0 Å². The smallest absolute Gasteiger partial charge is 0.243 e. The summed E-state index contributed by atoms with van der Waals surface area (Å²) in [6.07, 6.45) is 7.17. The van der Waals surface area contributed by atoms with E-state index in [1.807, 2.05) is 10.8 Å². The summed E-state index contributed by atoms with van der Waals surface area (Å²) in [6, 6.07) is 4.71. The molecule has 1 aromatic heterocycles. The lowest BCUT2D eigenvalue weighted by atomic mass is 9.98. The molecule has 0 aliphatic carbocycles. The maximum Gasteiger partial charge on any atom is 0.243 e. The number of ether oxygens (including phenoxy) is 2. The van der Waals surface area contributed by atoms with Gasteiger partial charge in [-0.05, 0) is 30.9 Å². The minimum absolute atomic E-state index is 0.234. The van der Waals surface area contributed by atoms with Crippen molar-refractivity contribution in [2.24, 2.45) is 5.92 Å². The standard InChI is InChI=1S/C17H23N3O4S/c1-23-16-4-3-15(11-17(16)24-2)25(21,22)20-8-5-14(6-9-20)12-19-10-7-18-13-19/h3-4,7,10-11,13-14H,5-6,8-9,12H2,1-2H3. The molecule has 1 aliphatic rings. The summed E-state index contributed by atoms with van der Waals surface area (Å²) in [4.78, 5) is 4.28. The number of imidazole rings is 1. The Morgan fingerprint density at radius 3 is 2.48 bits per heavy atom. The minimum Gasteiger partial charge on any atom is -0.493 e. The number of methoxy groups -OCH3 is 2. The van der Waals surface area contributed by atoms with Crippen LogP contribution in [0.25, 0.3) is 0 Å². The minimum atomic E-state index is -3.53. The first kappa shape index (κ1) is 17.8. The largest absolute Gasteiger partial charge is 0.493 e. The number of aromatic nitrogens is 2. The molecule has 1 aliphatic heterocycles. The van der Waals surface area contributed by atoms with Gasteiger partial charge >= 0.3 is 0 Å². The predicted molar refractivity (Wildman–Crippen MR) is 93.3 cm³/mol. The number of rotatable bonds is 6. The number of hydrogen-bond acceptors (Lipinski definition) is 5. The monoisotopic (exact) mass is 365 g/mol. The van der Waals surface area contributed by atoms with Crippen LogP contribution >= 0.6 is 0 Å². The van der Waals surface area contributed by atoms with Crippen molar-refractivity contribution in [3.63, 3.8) is 0 Å². The maximum absolute atomic E-state index is 12.9. The summed E-state index contributed by atoms with van der Waals surface area (Å²) in [5, 5.41) is 0. The second kappa shape index (κ2) is 7.45. The van der Waals surface area contributed by atoms with Crippen molar-refractivity contribution in [2.75, 3.05) is 27.3 Å². The van der Waals surface area contributed by atoms with Crippen molar-refractivity contribution in [3.8, 4) is 11.5 Å². The van der Waals surface area contributed by atoms with Crippen LogP contribution in [-0.2, 0) is 16.6 Å². The highest BCUT2D eigenvalue weighted by Crippen LogP contribution is 2.32. The molecule has 0 radical (unpaired) electrons. The Morgan fingerprint density at radius 1 is 1.16 bits per heavy atom. The summed E-state index contributed by atoms with van der Waals surface area (Å²) >= 11 is 0. The van der Waals surface area contributed by atoms with Crippen molar-refractivity contribution in [3.05, 3.63) is 36.9 Å². The maximum atomic E-state index is 12.9. The Kier molecular flexibility index (Phi) is 5.29. The van der Waals surface area contributed by atoms with Crippen LogP contribution in [0.3, 0.4) is 0 Å². The van der Waals surface area contributed by atoms with Crippen molar-refractivity contribution < 1.29 is 17.9 Å². The average molecular weight is 365 g/mol. The van der Waals surface area contributed by atoms with Crippen molar-refractivity contribution in [1.29, 1.82) is 0 Å². The molecule has 0 spiro atoms. The molecule has 25 heavy (non-hydrogen) atoms. The van der Waals surface area contributed by atoms with E-state index >= 15 is 0 Å². The van der Waals surface area contributed by atoms with E-state index in [1.165, 1.54) is 20.3 Å². The molecule has 1 saturated heterocycles. The summed E-state index contributed by atoms with van der Waals surface area (Å²) in [6.45, 7) is 1.93. The van der Waals surface area contributed by atoms with Gasteiger partial charge in [0.25, 0.3) is 0 Å². The van der Waals surface area contributed by atoms with E-state index in [0.717, 1.165) is 19.4 Å². The lowest BCUT2D eigenvalue weighted by Crippen LogP contribution is -2.39. The van der Waals surface area contributed by atoms with E-state index in [-0.39, 0.29) is 4.90 Å². The summed E-state index contributed by atoms with van der Waals surface area (Å²) in [7, 11) is -0.506. The fourth-order valence-corrected chi connectivity index (χ4v) is 4.64. The Hall–Kier alpha value is -2.06. The molecule has 0 bridgehead atoms. The number of sulfonamides is 1. The molecular weight excluding hydrogens is 342 g/mol. The number of benzene rings is 1. The molecule has 0 amide bonds. The van der Waals surface area contributed by atoms with Gasteiger partial charge in [0, 0.05) is 38.1 Å². The molecule has 2 aromatic rings. The Labute approximate surface area is 148 Å². The van der Waals surface area contributed by atoms with Crippen LogP contribution in [0.15, 0.2) is 41.8 Å². The highest BCUT2D eigenvalue weighted by atomic mass is 32.2. The van der Waals surface area contributed by atoms with Crippen molar-refractivity contribution in [1.82, 2.24) is 13.9 Å². The van der Waals surface area contributed by atoms with E-state index in [4.69, 9.17) is 9.47 Å². The van der Waals surface area contributed by atoms with Gasteiger partial charge in [-0.25, -0.2) is 13.4 Å². The fourth-order valence-electron chi connectivity index (χ4n) is 3.15. The molecule has 136 valence electrons. The number of hydrogen-bond donors (Lipinski definition) is 0. The molecule has 0 atom stereocenters. The zero-order valence-corrected chi connectivity index (χ0v) is 15.3. The first-order valence-electron chi connectivity index (χ1n) is 8.22. The van der Waals surface area contributed by atoms with Crippen LogP contribution in [0, 0.1) is 5.92 Å². The van der Waals surface area contributed by atoms with Gasteiger partial charge in [0.1, 0.15) is 0 Å². The second-order valence-electron chi connectivity index (χ2n) is 6.12. The SMILES string of the molecule is COc1ccc(S(=O)(=O)N2CCC(Cn3ccnc3)CC2)cc1OC. The molecule has 3 rings (SSSR count). The molecular formula is C17H23N3O4S. The average Bonchev–Trinajstić information content (AvgIpc) is 3.14. The topological polar surface area (TPSA) is 73.7 Å². The quantitative estimate of drug-likeness (QED) is 0.783. The summed E-state index contributed by atoms with van der Waals surface area (Å²) < 4.78 is 39.8. The molecule has 0 unspecified atom stereocenters. The molecule has 2 heterocycles. The van der Waals surface area contributed by atoms with Crippen LogP contribution < -0.4 is 9.47 Å². The molecule has 8 heteroatoms. The lowest BCUT2D eigenvalue weighted by molar-refractivity contribution is 0.253. The number of nitrogens with zero attached hydrogens (tertiary/aromatic N) is 3. The molecule has 0 N–H and O–H groups in total. The van der Waals surface area contributed by atoms with Crippen LogP contribution in [-0.4, -0.2) is 49.6 Å². The summed E-state index contributed by atoms with van der Waals surface area (Å²) in [5.74, 6) is 1.39. The van der Waals surface area contributed by atoms with Gasteiger partial charge in [-0.1, -0.05) is 0 Å². The lowest BCUT2D eigenvalue weighted by Gasteiger charge is -2.31. The first-order chi connectivity index (χ1) is 12.0. The predicted octanol–water partition coefficient (Wildman–Crippen LogP) is 2.00. The van der Waals surface area contributed by atoms with Gasteiger partial charge in [0.2, 0.25) is 10.0 Å². The zero-order chi connectivity index (χ0) is 17.9.